The highest BCUT2D eigenvalue weighted by atomic mass is 16.5. The minimum Gasteiger partial charge on any atom is -0.493 e. The number of carbonyl (C=O) groups is 1. The van der Waals surface area contributed by atoms with Gasteiger partial charge < -0.3 is 24.1 Å². The number of furan rings is 1. The molecule has 6 heteroatoms. The van der Waals surface area contributed by atoms with E-state index in [4.69, 9.17) is 13.9 Å². The van der Waals surface area contributed by atoms with Gasteiger partial charge in [0.15, 0.2) is 11.3 Å². The molecule has 0 unspecified atom stereocenters. The molecule has 0 aliphatic carbocycles. The second-order valence-corrected chi connectivity index (χ2v) is 5.82. The van der Waals surface area contributed by atoms with Gasteiger partial charge in [-0.05, 0) is 25.5 Å². The Balaban J connectivity index is 1.69. The predicted octanol–water partition coefficient (Wildman–Crippen LogP) is 2.93. The number of amides is 1. The molecule has 3 rings (SSSR count). The molecule has 1 N–H and O–H groups in total. The highest BCUT2D eigenvalue weighted by Gasteiger charge is 2.28. The molecule has 23 heavy (non-hydrogen) atoms. The standard InChI is InChI=1S/C17H22N2O4/c1-11(18-13-7-8-19(10-13)17(20)22-3)15-9-12-5-4-6-14(21-2)16(12)23-15/h4-6,9,11,13,18H,7-8,10H2,1-3H3/t11-,13+/m1/s1. The Morgan fingerprint density at radius 3 is 3.00 bits per heavy atom. The number of benzene rings is 1. The molecule has 0 saturated carbocycles. The molecule has 1 aliphatic rings. The fourth-order valence-corrected chi connectivity index (χ4v) is 3.06. The Labute approximate surface area is 135 Å². The van der Waals surface area contributed by atoms with E-state index < -0.39 is 0 Å². The molecule has 1 aliphatic heterocycles. The van der Waals surface area contributed by atoms with Crippen molar-refractivity contribution in [3.05, 3.63) is 30.0 Å². The smallest absolute Gasteiger partial charge is 0.409 e. The molecule has 2 aromatic rings. The Morgan fingerprint density at radius 2 is 2.26 bits per heavy atom. The molecule has 2 atom stereocenters. The van der Waals surface area contributed by atoms with Crippen LogP contribution in [0.5, 0.6) is 5.75 Å². The number of rotatable bonds is 4. The molecule has 0 spiro atoms. The summed E-state index contributed by atoms with van der Waals surface area (Å²) < 4.78 is 16.1. The fourth-order valence-electron chi connectivity index (χ4n) is 3.06. The quantitative estimate of drug-likeness (QED) is 0.939. The number of hydrogen-bond donors (Lipinski definition) is 1. The minimum atomic E-state index is -0.268. The zero-order chi connectivity index (χ0) is 16.4. The maximum Gasteiger partial charge on any atom is 0.409 e. The summed E-state index contributed by atoms with van der Waals surface area (Å²) in [5.41, 5.74) is 0.765. The zero-order valence-corrected chi connectivity index (χ0v) is 13.7. The van der Waals surface area contributed by atoms with Crippen molar-refractivity contribution in [3.8, 4) is 5.75 Å². The van der Waals surface area contributed by atoms with E-state index in [0.717, 1.165) is 28.9 Å². The lowest BCUT2D eigenvalue weighted by molar-refractivity contribution is 0.132. The van der Waals surface area contributed by atoms with Crippen LogP contribution in [0.15, 0.2) is 28.7 Å². The number of nitrogens with zero attached hydrogens (tertiary/aromatic N) is 1. The largest absolute Gasteiger partial charge is 0.493 e. The van der Waals surface area contributed by atoms with Gasteiger partial charge in [-0.25, -0.2) is 4.79 Å². The molecule has 1 amide bonds. The van der Waals surface area contributed by atoms with Crippen molar-refractivity contribution >= 4 is 17.1 Å². The third-order valence-corrected chi connectivity index (χ3v) is 4.28. The van der Waals surface area contributed by atoms with Crippen molar-refractivity contribution < 1.29 is 18.7 Å². The average Bonchev–Trinajstić information content (AvgIpc) is 3.20. The van der Waals surface area contributed by atoms with Crippen molar-refractivity contribution in [1.82, 2.24) is 10.2 Å². The summed E-state index contributed by atoms with van der Waals surface area (Å²) >= 11 is 0. The van der Waals surface area contributed by atoms with Crippen LogP contribution >= 0.6 is 0 Å². The van der Waals surface area contributed by atoms with Gasteiger partial charge in [-0.3, -0.25) is 0 Å². The number of hydrogen-bond acceptors (Lipinski definition) is 5. The lowest BCUT2D eigenvalue weighted by atomic mass is 10.1. The topological polar surface area (TPSA) is 63.9 Å². The maximum atomic E-state index is 11.5. The highest BCUT2D eigenvalue weighted by molar-refractivity contribution is 5.83. The van der Waals surface area contributed by atoms with E-state index in [1.54, 1.807) is 12.0 Å². The van der Waals surface area contributed by atoms with Crippen LogP contribution in [0, 0.1) is 0 Å². The number of methoxy groups -OCH3 is 2. The normalized spacial score (nSPS) is 19.1. The van der Waals surface area contributed by atoms with Gasteiger partial charge in [-0.2, -0.15) is 0 Å². The summed E-state index contributed by atoms with van der Waals surface area (Å²) in [5.74, 6) is 1.60. The van der Waals surface area contributed by atoms with E-state index in [-0.39, 0.29) is 18.2 Å². The van der Waals surface area contributed by atoms with Crippen molar-refractivity contribution in [3.63, 3.8) is 0 Å². The van der Waals surface area contributed by atoms with Crippen molar-refractivity contribution in [2.75, 3.05) is 27.3 Å². The fraction of sp³-hybridized carbons (Fsp3) is 0.471. The van der Waals surface area contributed by atoms with Crippen LogP contribution in [-0.4, -0.2) is 44.3 Å². The summed E-state index contributed by atoms with van der Waals surface area (Å²) in [6.07, 6.45) is 0.638. The molecular formula is C17H22N2O4. The molecular weight excluding hydrogens is 296 g/mol. The number of likely N-dealkylation sites (tertiary alicyclic amines) is 1. The van der Waals surface area contributed by atoms with Gasteiger partial charge in [0.05, 0.1) is 20.3 Å². The minimum absolute atomic E-state index is 0.0507. The van der Waals surface area contributed by atoms with Crippen LogP contribution in [0.25, 0.3) is 11.0 Å². The Bertz CT molecular complexity index is 697. The highest BCUT2D eigenvalue weighted by Crippen LogP contribution is 2.31. The van der Waals surface area contributed by atoms with Crippen LogP contribution in [0.4, 0.5) is 4.79 Å². The first-order valence-electron chi connectivity index (χ1n) is 7.77. The molecule has 6 nitrogen and oxygen atoms in total. The number of carbonyl (C=O) groups excluding carboxylic acids is 1. The molecule has 1 fully saturated rings. The Hall–Kier alpha value is -2.21. The van der Waals surface area contributed by atoms with E-state index in [0.29, 0.717) is 13.1 Å². The molecule has 124 valence electrons. The second-order valence-electron chi connectivity index (χ2n) is 5.82. The molecule has 1 aromatic heterocycles. The third-order valence-electron chi connectivity index (χ3n) is 4.28. The Kier molecular flexibility index (Phi) is 4.43. The monoisotopic (exact) mass is 318 g/mol. The van der Waals surface area contributed by atoms with Crippen molar-refractivity contribution in [2.45, 2.75) is 25.4 Å². The van der Waals surface area contributed by atoms with Gasteiger partial charge >= 0.3 is 6.09 Å². The van der Waals surface area contributed by atoms with Crippen LogP contribution in [0.3, 0.4) is 0 Å². The van der Waals surface area contributed by atoms with Crippen molar-refractivity contribution in [2.24, 2.45) is 0 Å². The second kappa shape index (κ2) is 6.50. The van der Waals surface area contributed by atoms with Gasteiger partial charge in [0.2, 0.25) is 0 Å². The first-order valence-corrected chi connectivity index (χ1v) is 7.77. The van der Waals surface area contributed by atoms with Gasteiger partial charge in [-0.1, -0.05) is 12.1 Å². The molecule has 1 aromatic carbocycles. The summed E-state index contributed by atoms with van der Waals surface area (Å²) in [5, 5.41) is 4.54. The van der Waals surface area contributed by atoms with E-state index in [1.807, 2.05) is 24.3 Å². The van der Waals surface area contributed by atoms with E-state index in [1.165, 1.54) is 7.11 Å². The summed E-state index contributed by atoms with van der Waals surface area (Å²) in [4.78, 5) is 13.3. The predicted molar refractivity (Wildman–Crippen MR) is 86.7 cm³/mol. The average molecular weight is 318 g/mol. The van der Waals surface area contributed by atoms with Crippen LogP contribution in [-0.2, 0) is 4.74 Å². The molecule has 1 saturated heterocycles. The number of ether oxygens (including phenoxy) is 2. The third kappa shape index (κ3) is 3.12. The van der Waals surface area contributed by atoms with Crippen molar-refractivity contribution in [1.29, 1.82) is 0 Å². The molecule has 2 heterocycles. The summed E-state index contributed by atoms with van der Waals surface area (Å²) in [6, 6.07) is 8.16. The van der Waals surface area contributed by atoms with Crippen LogP contribution < -0.4 is 10.1 Å². The molecule has 0 radical (unpaired) electrons. The maximum absolute atomic E-state index is 11.5. The molecule has 0 bridgehead atoms. The summed E-state index contributed by atoms with van der Waals surface area (Å²) in [7, 11) is 3.05. The number of fused-ring (bicyclic) bond motifs is 1. The SMILES string of the molecule is COC(=O)N1CC[C@H](N[C@H](C)c2cc3cccc(OC)c3o2)C1. The van der Waals surface area contributed by atoms with E-state index in [2.05, 4.69) is 12.2 Å². The van der Waals surface area contributed by atoms with E-state index in [9.17, 15) is 4.79 Å². The number of nitrogens with one attached hydrogen (secondary N) is 1. The van der Waals surface area contributed by atoms with Gasteiger partial charge in [0.1, 0.15) is 5.76 Å². The first kappa shape index (κ1) is 15.7. The van der Waals surface area contributed by atoms with Gasteiger partial charge in [-0.15, -0.1) is 0 Å². The van der Waals surface area contributed by atoms with Gasteiger partial charge in [0.25, 0.3) is 0 Å². The lowest BCUT2D eigenvalue weighted by Gasteiger charge is -2.18. The zero-order valence-electron chi connectivity index (χ0n) is 13.7. The van der Waals surface area contributed by atoms with E-state index >= 15 is 0 Å². The lowest BCUT2D eigenvalue weighted by Crippen LogP contribution is -2.36. The van der Waals surface area contributed by atoms with Gasteiger partial charge in [0, 0.05) is 24.5 Å². The number of para-hydroxylation sites is 1. The van der Waals surface area contributed by atoms with Crippen LogP contribution in [0.2, 0.25) is 0 Å². The Morgan fingerprint density at radius 1 is 1.43 bits per heavy atom. The van der Waals surface area contributed by atoms with Crippen LogP contribution in [0.1, 0.15) is 25.1 Å². The summed E-state index contributed by atoms with van der Waals surface area (Å²) in [6.45, 7) is 3.43. The first-order chi connectivity index (χ1) is 11.1.